The summed E-state index contributed by atoms with van der Waals surface area (Å²) in [6.45, 7) is 3.92. The van der Waals surface area contributed by atoms with Gasteiger partial charge in [-0.15, -0.1) is 0 Å². The summed E-state index contributed by atoms with van der Waals surface area (Å²) in [5.74, 6) is 3.95. The quantitative estimate of drug-likeness (QED) is 0.422. The van der Waals surface area contributed by atoms with Crippen molar-refractivity contribution in [3.8, 4) is 0 Å². The highest BCUT2D eigenvalue weighted by atomic mass is 31.2. The number of hydrogen-bond acceptors (Lipinski definition) is 6. The molecule has 7 rings (SSSR count). The standard InChI is InChI=1S/C30H42N3O4P/c1-3-36-38(35,37-4-2)29-30(34)33(28-11-6-5-10-27(28)31-29)25-17-22-8-7-9-23(18-25)32(22)24-13-19-12-20-15-21(16-24)26(20)14-19/h5-6,10-11,19-26H,3-4,7-9,12-18H2,1-2H3/t19-,20+,21+,22-,23+,24-,25?,26?/m1/s1. The summed E-state index contributed by atoms with van der Waals surface area (Å²) in [4.78, 5) is 21.6. The van der Waals surface area contributed by atoms with Gasteiger partial charge in [0.2, 0.25) is 5.44 Å². The molecule has 2 aliphatic heterocycles. The summed E-state index contributed by atoms with van der Waals surface area (Å²) in [6.07, 6.45) is 12.9. The van der Waals surface area contributed by atoms with E-state index in [1.807, 2.05) is 28.8 Å². The molecule has 1 aromatic heterocycles. The number of benzene rings is 1. The summed E-state index contributed by atoms with van der Waals surface area (Å²) in [7, 11) is -3.82. The topological polar surface area (TPSA) is 73.7 Å². The minimum absolute atomic E-state index is 0.0627. The average molecular weight is 540 g/mol. The Balaban J connectivity index is 1.25. The molecule has 2 saturated heterocycles. The predicted octanol–water partition coefficient (Wildman–Crippen LogP) is 5.67. The van der Waals surface area contributed by atoms with E-state index in [9.17, 15) is 9.36 Å². The third-order valence-corrected chi connectivity index (χ3v) is 12.7. The van der Waals surface area contributed by atoms with Gasteiger partial charge in [-0.1, -0.05) is 18.6 Å². The van der Waals surface area contributed by atoms with Crippen LogP contribution in [0.4, 0.5) is 0 Å². The molecular formula is C30H42N3O4P. The molecule has 7 nitrogen and oxygen atoms in total. The monoisotopic (exact) mass is 539 g/mol. The van der Waals surface area contributed by atoms with E-state index in [2.05, 4.69) is 9.88 Å². The highest BCUT2D eigenvalue weighted by Crippen LogP contribution is 2.59. The molecule has 0 spiro atoms. The summed E-state index contributed by atoms with van der Waals surface area (Å²) < 4.78 is 26.9. The van der Waals surface area contributed by atoms with Crippen LogP contribution < -0.4 is 11.0 Å². The van der Waals surface area contributed by atoms with E-state index in [4.69, 9.17) is 9.05 Å². The van der Waals surface area contributed by atoms with E-state index in [-0.39, 0.29) is 30.2 Å². The van der Waals surface area contributed by atoms with Gasteiger partial charge in [-0.2, -0.15) is 0 Å². The van der Waals surface area contributed by atoms with E-state index in [1.165, 1.54) is 51.4 Å². The van der Waals surface area contributed by atoms with Crippen LogP contribution >= 0.6 is 7.60 Å². The summed E-state index contributed by atoms with van der Waals surface area (Å²) in [6, 6.07) is 9.57. The van der Waals surface area contributed by atoms with Crippen LogP contribution in [-0.4, -0.2) is 45.8 Å². The van der Waals surface area contributed by atoms with Gasteiger partial charge in [0, 0.05) is 24.2 Å². The van der Waals surface area contributed by atoms with Gasteiger partial charge in [-0.05, 0) is 107 Å². The van der Waals surface area contributed by atoms with Crippen LogP contribution in [0, 0.1) is 23.7 Å². The molecule has 2 aromatic rings. The van der Waals surface area contributed by atoms with E-state index in [1.54, 1.807) is 13.8 Å². The van der Waals surface area contributed by atoms with Crippen molar-refractivity contribution in [3.05, 3.63) is 34.6 Å². The molecule has 5 fully saturated rings. The summed E-state index contributed by atoms with van der Waals surface area (Å²) in [5, 5.41) is 0. The Morgan fingerprint density at radius 2 is 1.58 bits per heavy atom. The van der Waals surface area contributed by atoms with Gasteiger partial charge in [0.25, 0.3) is 5.56 Å². The molecule has 5 aliphatic rings. The zero-order chi connectivity index (χ0) is 26.0. The van der Waals surface area contributed by atoms with Crippen molar-refractivity contribution in [1.82, 2.24) is 14.5 Å². The van der Waals surface area contributed by atoms with Crippen molar-refractivity contribution in [3.63, 3.8) is 0 Å². The summed E-state index contributed by atoms with van der Waals surface area (Å²) in [5.41, 5.74) is 1.13. The lowest BCUT2D eigenvalue weighted by atomic mass is 9.64. The first kappa shape index (κ1) is 25.4. The van der Waals surface area contributed by atoms with Crippen molar-refractivity contribution in [2.45, 2.75) is 102 Å². The minimum Gasteiger partial charge on any atom is -0.304 e. The van der Waals surface area contributed by atoms with Gasteiger partial charge in [-0.3, -0.25) is 14.3 Å². The Morgan fingerprint density at radius 3 is 2.32 bits per heavy atom. The number of hydrogen-bond donors (Lipinski definition) is 0. The first-order chi connectivity index (χ1) is 18.5. The van der Waals surface area contributed by atoms with Crippen molar-refractivity contribution < 1.29 is 13.6 Å². The Bertz CT molecular complexity index is 1280. The Kier molecular flexibility index (Phi) is 6.58. The predicted molar refractivity (Wildman–Crippen MR) is 149 cm³/mol. The van der Waals surface area contributed by atoms with E-state index >= 15 is 0 Å². The highest BCUT2D eigenvalue weighted by Gasteiger charge is 2.53. The molecule has 38 heavy (non-hydrogen) atoms. The average Bonchev–Trinajstić information content (AvgIpc) is 3.11. The van der Waals surface area contributed by atoms with Gasteiger partial charge >= 0.3 is 7.60 Å². The van der Waals surface area contributed by atoms with Crippen molar-refractivity contribution in [1.29, 1.82) is 0 Å². The summed E-state index contributed by atoms with van der Waals surface area (Å²) >= 11 is 0. The SMILES string of the molecule is CCOP(=O)(OCC)c1nc2ccccc2n(C2C[C@H]3CCC[C@@H](C2)N3[C@@H]2C[C@@H]3CC4[C@@H](C3)C[C@H]4C2)c1=O. The maximum absolute atomic E-state index is 14.1. The Labute approximate surface area is 225 Å². The second-order valence-corrected chi connectivity index (χ2v) is 14.6. The van der Waals surface area contributed by atoms with E-state index in [0.29, 0.717) is 23.6 Å². The van der Waals surface area contributed by atoms with Crippen molar-refractivity contribution in [2.24, 2.45) is 23.7 Å². The molecule has 2 unspecified atom stereocenters. The fraction of sp³-hybridized carbons (Fsp3) is 0.733. The number of para-hydroxylation sites is 2. The minimum atomic E-state index is -3.82. The number of aromatic nitrogens is 2. The van der Waals surface area contributed by atoms with Crippen LogP contribution in [0.1, 0.15) is 84.1 Å². The zero-order valence-corrected chi connectivity index (χ0v) is 23.7. The smallest absolute Gasteiger partial charge is 0.304 e. The molecule has 8 heteroatoms. The van der Waals surface area contributed by atoms with Crippen LogP contribution in [-0.2, 0) is 13.6 Å². The fourth-order valence-corrected chi connectivity index (χ4v) is 11.0. The maximum atomic E-state index is 14.1. The molecule has 206 valence electrons. The molecule has 0 N–H and O–H groups in total. The van der Waals surface area contributed by atoms with Crippen LogP contribution in [0.2, 0.25) is 0 Å². The number of rotatable bonds is 7. The van der Waals surface area contributed by atoms with Gasteiger partial charge in [0.05, 0.1) is 24.2 Å². The molecule has 4 bridgehead atoms. The molecule has 3 saturated carbocycles. The second-order valence-electron chi connectivity index (χ2n) is 12.6. The fourth-order valence-electron chi connectivity index (χ4n) is 9.41. The molecule has 3 aliphatic carbocycles. The second kappa shape index (κ2) is 9.83. The first-order valence-corrected chi connectivity index (χ1v) is 16.7. The van der Waals surface area contributed by atoms with Gasteiger partial charge in [-0.25, -0.2) is 4.98 Å². The van der Waals surface area contributed by atoms with Gasteiger partial charge < -0.3 is 13.6 Å². The third kappa shape index (κ3) is 4.06. The van der Waals surface area contributed by atoms with Crippen LogP contribution in [0.5, 0.6) is 0 Å². The largest absolute Gasteiger partial charge is 0.385 e. The van der Waals surface area contributed by atoms with Crippen molar-refractivity contribution in [2.75, 3.05) is 13.2 Å². The molecule has 0 amide bonds. The zero-order valence-electron chi connectivity index (χ0n) is 22.8. The highest BCUT2D eigenvalue weighted by molar-refractivity contribution is 7.61. The Morgan fingerprint density at radius 1 is 0.868 bits per heavy atom. The molecule has 0 radical (unpaired) electrons. The van der Waals surface area contributed by atoms with Crippen LogP contribution in [0.3, 0.4) is 0 Å². The number of piperidine rings is 2. The Hall–Kier alpha value is -1.53. The lowest BCUT2D eigenvalue weighted by Gasteiger charge is -2.54. The van der Waals surface area contributed by atoms with Crippen molar-refractivity contribution >= 4 is 24.1 Å². The lowest BCUT2D eigenvalue weighted by molar-refractivity contribution is -0.0437. The van der Waals surface area contributed by atoms with Crippen LogP contribution in [0.15, 0.2) is 29.1 Å². The molecule has 3 heterocycles. The normalized spacial score (nSPS) is 36.7. The van der Waals surface area contributed by atoms with E-state index < -0.39 is 7.60 Å². The number of fused-ring (bicyclic) bond motifs is 4. The van der Waals surface area contributed by atoms with E-state index in [0.717, 1.165) is 42.0 Å². The lowest BCUT2D eigenvalue weighted by Crippen LogP contribution is -2.58. The van der Waals surface area contributed by atoms with Gasteiger partial charge in [0.1, 0.15) is 0 Å². The molecule has 1 aromatic carbocycles. The van der Waals surface area contributed by atoms with Crippen LogP contribution in [0.25, 0.3) is 11.0 Å². The number of nitrogens with zero attached hydrogens (tertiary/aromatic N) is 3. The molecular weight excluding hydrogens is 497 g/mol. The maximum Gasteiger partial charge on any atom is 0.385 e. The molecule has 8 atom stereocenters. The van der Waals surface area contributed by atoms with Gasteiger partial charge in [0.15, 0.2) is 0 Å². The third-order valence-electron chi connectivity index (χ3n) is 10.7. The first-order valence-electron chi connectivity index (χ1n) is 15.2.